The van der Waals surface area contributed by atoms with Crippen molar-refractivity contribution in [1.29, 1.82) is 0 Å². The molecule has 0 amide bonds. The van der Waals surface area contributed by atoms with Crippen molar-refractivity contribution in [2.24, 2.45) is 4.99 Å². The van der Waals surface area contributed by atoms with Crippen molar-refractivity contribution in [2.75, 3.05) is 32.4 Å². The standard InChI is InChI=1S/C14H27N3O4S.HI/c1-11(2)21-12(18)6-7-16-13(15-5)17-8-9-22(19,20)14(3,4)10-17;/h11H,6-10H2,1-5H3,(H,15,16);1H. The van der Waals surface area contributed by atoms with Gasteiger partial charge < -0.3 is 15.0 Å². The lowest BCUT2D eigenvalue weighted by Crippen LogP contribution is -2.57. The number of carbonyl (C=O) groups is 1. The van der Waals surface area contributed by atoms with Crippen LogP contribution in [0.5, 0.6) is 0 Å². The number of guanidine groups is 1. The summed E-state index contributed by atoms with van der Waals surface area (Å²) in [5.41, 5.74) is 0. The molecule has 136 valence electrons. The fourth-order valence-corrected chi connectivity index (χ4v) is 3.62. The predicted octanol–water partition coefficient (Wildman–Crippen LogP) is 1.03. The molecule has 1 rings (SSSR count). The third-order valence-electron chi connectivity index (χ3n) is 3.53. The van der Waals surface area contributed by atoms with E-state index in [1.807, 2.05) is 4.90 Å². The number of halogens is 1. The van der Waals surface area contributed by atoms with Gasteiger partial charge >= 0.3 is 5.97 Å². The number of rotatable bonds is 4. The third-order valence-corrected chi connectivity index (χ3v) is 6.07. The van der Waals surface area contributed by atoms with Gasteiger partial charge in [-0.1, -0.05) is 0 Å². The number of hydrogen-bond acceptors (Lipinski definition) is 5. The minimum atomic E-state index is -3.08. The molecule has 1 saturated heterocycles. The molecule has 0 bridgehead atoms. The second-order valence-electron chi connectivity index (χ2n) is 6.26. The summed E-state index contributed by atoms with van der Waals surface area (Å²) in [4.78, 5) is 17.6. The van der Waals surface area contributed by atoms with E-state index in [4.69, 9.17) is 4.74 Å². The Kier molecular flexibility index (Phi) is 8.82. The van der Waals surface area contributed by atoms with Crippen LogP contribution in [0.2, 0.25) is 0 Å². The molecule has 1 aliphatic rings. The van der Waals surface area contributed by atoms with E-state index in [9.17, 15) is 13.2 Å². The van der Waals surface area contributed by atoms with Crippen molar-refractivity contribution in [3.05, 3.63) is 0 Å². The summed E-state index contributed by atoms with van der Waals surface area (Å²) >= 11 is 0. The molecular formula is C14H28IN3O4S. The molecule has 9 heteroatoms. The van der Waals surface area contributed by atoms with Gasteiger partial charge in [0, 0.05) is 26.7 Å². The normalized spacial score (nSPS) is 19.9. The summed E-state index contributed by atoms with van der Waals surface area (Å²) in [5, 5.41) is 3.09. The third kappa shape index (κ3) is 6.44. The molecule has 0 saturated carbocycles. The van der Waals surface area contributed by atoms with Gasteiger partial charge in [-0.2, -0.15) is 0 Å². The Hall–Kier alpha value is -0.580. The van der Waals surface area contributed by atoms with Crippen LogP contribution in [0.1, 0.15) is 34.1 Å². The van der Waals surface area contributed by atoms with E-state index in [2.05, 4.69) is 10.3 Å². The zero-order valence-corrected chi connectivity index (χ0v) is 17.6. The van der Waals surface area contributed by atoms with Crippen molar-refractivity contribution in [1.82, 2.24) is 10.2 Å². The number of hydrogen-bond donors (Lipinski definition) is 1. The molecule has 0 atom stereocenters. The average Bonchev–Trinajstić information content (AvgIpc) is 2.37. The summed E-state index contributed by atoms with van der Waals surface area (Å²) in [5.74, 6) is 0.454. The monoisotopic (exact) mass is 461 g/mol. The van der Waals surface area contributed by atoms with Crippen LogP contribution in [0.3, 0.4) is 0 Å². The summed E-state index contributed by atoms with van der Waals surface area (Å²) in [6.07, 6.45) is 0.118. The average molecular weight is 461 g/mol. The molecule has 7 nitrogen and oxygen atoms in total. The molecule has 0 aromatic carbocycles. The van der Waals surface area contributed by atoms with E-state index in [0.717, 1.165) is 0 Å². The van der Waals surface area contributed by atoms with Gasteiger partial charge in [0.15, 0.2) is 15.8 Å². The highest BCUT2D eigenvalue weighted by molar-refractivity contribution is 14.0. The number of nitrogens with zero attached hydrogens (tertiary/aromatic N) is 2. The number of nitrogens with one attached hydrogen (secondary N) is 1. The quantitative estimate of drug-likeness (QED) is 0.291. The second kappa shape index (κ2) is 9.05. The summed E-state index contributed by atoms with van der Waals surface area (Å²) in [6, 6.07) is 0. The van der Waals surface area contributed by atoms with Crippen molar-refractivity contribution >= 4 is 45.7 Å². The minimum absolute atomic E-state index is 0. The summed E-state index contributed by atoms with van der Waals surface area (Å²) in [7, 11) is -1.44. The minimum Gasteiger partial charge on any atom is -0.463 e. The van der Waals surface area contributed by atoms with Gasteiger partial charge in [-0.05, 0) is 27.7 Å². The van der Waals surface area contributed by atoms with Crippen molar-refractivity contribution in [3.63, 3.8) is 0 Å². The first-order chi connectivity index (χ1) is 10.1. The first-order valence-corrected chi connectivity index (χ1v) is 9.11. The molecule has 0 radical (unpaired) electrons. The lowest BCUT2D eigenvalue weighted by atomic mass is 10.2. The van der Waals surface area contributed by atoms with Crippen LogP contribution in [-0.2, 0) is 19.4 Å². The largest absolute Gasteiger partial charge is 0.463 e. The predicted molar refractivity (Wildman–Crippen MR) is 102 cm³/mol. The first-order valence-electron chi connectivity index (χ1n) is 7.46. The van der Waals surface area contributed by atoms with Crippen LogP contribution in [0.15, 0.2) is 4.99 Å². The second-order valence-corrected chi connectivity index (χ2v) is 9.01. The Bertz CT molecular complexity index is 532. The molecule has 0 unspecified atom stereocenters. The van der Waals surface area contributed by atoms with Crippen LogP contribution in [0.4, 0.5) is 0 Å². The van der Waals surface area contributed by atoms with Crippen molar-refractivity contribution in [2.45, 2.75) is 45.0 Å². The molecule has 1 heterocycles. The van der Waals surface area contributed by atoms with E-state index in [-0.39, 0.29) is 48.2 Å². The highest BCUT2D eigenvalue weighted by atomic mass is 127. The fourth-order valence-electron chi connectivity index (χ4n) is 2.25. The zero-order valence-electron chi connectivity index (χ0n) is 14.5. The maximum absolute atomic E-state index is 12.0. The topological polar surface area (TPSA) is 88.1 Å². The molecule has 0 aromatic heterocycles. The molecule has 1 fully saturated rings. The molecule has 0 aliphatic carbocycles. The van der Waals surface area contributed by atoms with Gasteiger partial charge in [-0.3, -0.25) is 9.79 Å². The van der Waals surface area contributed by atoms with Gasteiger partial charge in [0.1, 0.15) is 0 Å². The number of carbonyl (C=O) groups excluding carboxylic acids is 1. The van der Waals surface area contributed by atoms with Gasteiger partial charge in [0.25, 0.3) is 0 Å². The van der Waals surface area contributed by atoms with E-state index in [1.165, 1.54) is 0 Å². The Morgan fingerprint density at radius 1 is 1.39 bits per heavy atom. The number of esters is 1. The number of ether oxygens (including phenoxy) is 1. The first kappa shape index (κ1) is 22.4. The lowest BCUT2D eigenvalue weighted by molar-refractivity contribution is -0.147. The van der Waals surface area contributed by atoms with Crippen LogP contribution in [0.25, 0.3) is 0 Å². The maximum Gasteiger partial charge on any atom is 0.307 e. The van der Waals surface area contributed by atoms with E-state index < -0.39 is 14.6 Å². The van der Waals surface area contributed by atoms with Crippen molar-refractivity contribution in [3.8, 4) is 0 Å². The summed E-state index contributed by atoms with van der Waals surface area (Å²) in [6.45, 7) is 8.25. The van der Waals surface area contributed by atoms with E-state index in [1.54, 1.807) is 34.7 Å². The van der Waals surface area contributed by atoms with Gasteiger partial charge in [-0.25, -0.2) is 8.42 Å². The molecule has 1 N–H and O–H groups in total. The van der Waals surface area contributed by atoms with E-state index in [0.29, 0.717) is 25.6 Å². The Morgan fingerprint density at radius 3 is 2.48 bits per heavy atom. The summed E-state index contributed by atoms with van der Waals surface area (Å²) < 4.78 is 28.3. The van der Waals surface area contributed by atoms with Crippen LogP contribution < -0.4 is 5.32 Å². The van der Waals surface area contributed by atoms with Crippen LogP contribution in [0, 0.1) is 0 Å². The van der Waals surface area contributed by atoms with Gasteiger partial charge in [0.05, 0.1) is 23.0 Å². The highest BCUT2D eigenvalue weighted by Crippen LogP contribution is 2.23. The van der Waals surface area contributed by atoms with Gasteiger partial charge in [0.2, 0.25) is 0 Å². The van der Waals surface area contributed by atoms with Crippen LogP contribution >= 0.6 is 24.0 Å². The molecule has 23 heavy (non-hydrogen) atoms. The molecule has 1 aliphatic heterocycles. The van der Waals surface area contributed by atoms with E-state index >= 15 is 0 Å². The van der Waals surface area contributed by atoms with Crippen molar-refractivity contribution < 1.29 is 17.9 Å². The molecule has 0 aromatic rings. The lowest BCUT2D eigenvalue weighted by Gasteiger charge is -2.39. The smallest absolute Gasteiger partial charge is 0.307 e. The Balaban J connectivity index is 0.00000484. The SMILES string of the molecule is CN=C(NCCC(=O)OC(C)C)N1CCS(=O)(=O)C(C)(C)C1.I. The number of sulfone groups is 1. The number of aliphatic imine (C=N–C) groups is 1. The fraction of sp³-hybridized carbons (Fsp3) is 0.857. The van der Waals surface area contributed by atoms with Crippen LogP contribution in [-0.4, -0.2) is 68.5 Å². The maximum atomic E-state index is 12.0. The highest BCUT2D eigenvalue weighted by Gasteiger charge is 2.40. The van der Waals surface area contributed by atoms with Gasteiger partial charge in [-0.15, -0.1) is 24.0 Å². The Labute approximate surface area is 156 Å². The molecule has 0 spiro atoms. The molecular weight excluding hydrogens is 433 g/mol. The zero-order chi connectivity index (χ0) is 17.0. The Morgan fingerprint density at radius 2 is 2.00 bits per heavy atom.